The number of alkyl halides is 3. The van der Waals surface area contributed by atoms with Crippen LogP contribution in [0.2, 0.25) is 0 Å². The summed E-state index contributed by atoms with van der Waals surface area (Å²) in [6, 6.07) is 6.66. The lowest BCUT2D eigenvalue weighted by molar-refractivity contribution is -0.137. The van der Waals surface area contributed by atoms with Gasteiger partial charge in [-0.05, 0) is 24.3 Å². The molecule has 1 aliphatic heterocycles. The quantitative estimate of drug-likeness (QED) is 0.737. The fourth-order valence-corrected chi connectivity index (χ4v) is 3.07. The van der Waals surface area contributed by atoms with E-state index in [1.165, 1.54) is 12.1 Å². The summed E-state index contributed by atoms with van der Waals surface area (Å²) in [5.41, 5.74) is 0.781. The molecule has 0 radical (unpaired) electrons. The first kappa shape index (κ1) is 22.1. The fourth-order valence-electron chi connectivity index (χ4n) is 3.07. The van der Waals surface area contributed by atoms with Crippen LogP contribution in [0.4, 0.5) is 13.2 Å². The Bertz CT molecular complexity index is 854. The highest BCUT2D eigenvalue weighted by molar-refractivity contribution is 5.77. The highest BCUT2D eigenvalue weighted by Gasteiger charge is 2.30. The number of likely N-dealkylation sites (N-methyl/N-ethyl adjacent to an activating group) is 1. The average Bonchev–Trinajstić information content (AvgIpc) is 3.17. The largest absolute Gasteiger partial charge is 0.493 e. The number of aromatic amines is 1. The molecule has 3 rings (SSSR count). The van der Waals surface area contributed by atoms with Crippen molar-refractivity contribution in [3.63, 3.8) is 0 Å². The third-order valence-electron chi connectivity index (χ3n) is 4.79. The van der Waals surface area contributed by atoms with Gasteiger partial charge in [0.05, 0.1) is 31.0 Å². The first-order chi connectivity index (χ1) is 14.2. The highest BCUT2D eigenvalue weighted by atomic mass is 19.4. The number of carbonyl (C=O) groups is 1. The van der Waals surface area contributed by atoms with E-state index in [9.17, 15) is 18.0 Å². The van der Waals surface area contributed by atoms with E-state index in [0.29, 0.717) is 32.7 Å². The second-order valence-corrected chi connectivity index (χ2v) is 7.32. The Hall–Kier alpha value is -2.59. The molecular formula is C20H25F3N4O3. The van der Waals surface area contributed by atoms with Crippen LogP contribution in [0.25, 0.3) is 0 Å². The van der Waals surface area contributed by atoms with Crippen molar-refractivity contribution in [2.75, 3.05) is 46.9 Å². The van der Waals surface area contributed by atoms with Gasteiger partial charge in [0.2, 0.25) is 5.91 Å². The van der Waals surface area contributed by atoms with E-state index in [1.54, 1.807) is 19.0 Å². The summed E-state index contributed by atoms with van der Waals surface area (Å²) in [5.74, 6) is 0.200. The van der Waals surface area contributed by atoms with Crippen LogP contribution in [0.15, 0.2) is 30.3 Å². The fraction of sp³-hybridized carbons (Fsp3) is 0.500. The standard InChI is InChI=1S/C20H25F3N4O3/c1-26(2)19(28)13-27-7-9-30-18(12-27)17-11-15(24-25-17)6-8-29-16-5-3-4-14(10-16)20(21,22)23/h3-5,10-11,18H,6-9,12-13H2,1-2H3,(H,24,25)/t18-/m0/s1. The summed E-state index contributed by atoms with van der Waals surface area (Å²) in [6.07, 6.45) is -4.19. The Balaban J connectivity index is 1.51. The maximum atomic E-state index is 12.8. The molecule has 1 saturated heterocycles. The Morgan fingerprint density at radius 3 is 2.90 bits per heavy atom. The number of aromatic nitrogens is 2. The molecule has 1 aromatic carbocycles. The monoisotopic (exact) mass is 426 g/mol. The number of nitrogens with zero attached hydrogens (tertiary/aromatic N) is 3. The van der Waals surface area contributed by atoms with Gasteiger partial charge in [0.1, 0.15) is 11.9 Å². The third-order valence-corrected chi connectivity index (χ3v) is 4.79. The topological polar surface area (TPSA) is 70.7 Å². The smallest absolute Gasteiger partial charge is 0.416 e. The minimum absolute atomic E-state index is 0.0325. The number of carbonyl (C=O) groups excluding carboxylic acids is 1. The van der Waals surface area contributed by atoms with Crippen molar-refractivity contribution in [1.29, 1.82) is 0 Å². The summed E-state index contributed by atoms with van der Waals surface area (Å²) in [4.78, 5) is 15.5. The third kappa shape index (κ3) is 5.96. The van der Waals surface area contributed by atoms with Crippen LogP contribution in [0.1, 0.15) is 23.1 Å². The van der Waals surface area contributed by atoms with Crippen LogP contribution in [0.5, 0.6) is 5.75 Å². The van der Waals surface area contributed by atoms with Gasteiger partial charge in [-0.25, -0.2) is 0 Å². The number of hydrogen-bond donors (Lipinski definition) is 1. The molecule has 1 aliphatic rings. The Labute approximate surface area is 172 Å². The lowest BCUT2D eigenvalue weighted by Gasteiger charge is -2.32. The number of halogens is 3. The molecule has 1 fully saturated rings. The van der Waals surface area contributed by atoms with E-state index in [-0.39, 0.29) is 24.4 Å². The van der Waals surface area contributed by atoms with Gasteiger partial charge in [0.25, 0.3) is 0 Å². The van der Waals surface area contributed by atoms with Crippen molar-refractivity contribution >= 4 is 5.91 Å². The molecule has 1 amide bonds. The molecule has 7 nitrogen and oxygen atoms in total. The molecule has 0 aliphatic carbocycles. The van der Waals surface area contributed by atoms with Gasteiger partial charge in [-0.3, -0.25) is 14.8 Å². The normalized spacial score (nSPS) is 17.7. The zero-order valence-corrected chi connectivity index (χ0v) is 16.9. The zero-order valence-electron chi connectivity index (χ0n) is 16.9. The Morgan fingerprint density at radius 2 is 2.17 bits per heavy atom. The van der Waals surface area contributed by atoms with E-state index in [2.05, 4.69) is 10.2 Å². The van der Waals surface area contributed by atoms with E-state index in [4.69, 9.17) is 9.47 Å². The number of morpholine rings is 1. The first-order valence-corrected chi connectivity index (χ1v) is 9.60. The summed E-state index contributed by atoms with van der Waals surface area (Å²) in [7, 11) is 3.45. The Kier molecular flexibility index (Phi) is 6.99. The second kappa shape index (κ2) is 9.48. The van der Waals surface area contributed by atoms with E-state index in [1.807, 2.05) is 11.0 Å². The summed E-state index contributed by atoms with van der Waals surface area (Å²) >= 11 is 0. The van der Waals surface area contributed by atoms with Gasteiger partial charge in [0.15, 0.2) is 0 Å². The molecule has 0 saturated carbocycles. The zero-order chi connectivity index (χ0) is 21.7. The maximum Gasteiger partial charge on any atom is 0.416 e. The van der Waals surface area contributed by atoms with Crippen LogP contribution in [0, 0.1) is 0 Å². The maximum absolute atomic E-state index is 12.8. The molecular weight excluding hydrogens is 401 g/mol. The molecule has 1 aromatic heterocycles. The van der Waals surface area contributed by atoms with Crippen LogP contribution in [-0.4, -0.2) is 72.8 Å². The van der Waals surface area contributed by atoms with E-state index < -0.39 is 11.7 Å². The molecule has 164 valence electrons. The van der Waals surface area contributed by atoms with Crippen LogP contribution in [-0.2, 0) is 22.1 Å². The summed E-state index contributed by atoms with van der Waals surface area (Å²) in [6.45, 7) is 2.28. The lowest BCUT2D eigenvalue weighted by Crippen LogP contribution is -2.44. The highest BCUT2D eigenvalue weighted by Crippen LogP contribution is 2.31. The number of rotatable bonds is 7. The Morgan fingerprint density at radius 1 is 1.37 bits per heavy atom. The van der Waals surface area contributed by atoms with E-state index in [0.717, 1.165) is 23.5 Å². The molecule has 10 heteroatoms. The average molecular weight is 426 g/mol. The van der Waals surface area contributed by atoms with Crippen molar-refractivity contribution in [2.24, 2.45) is 0 Å². The minimum atomic E-state index is -4.40. The van der Waals surface area contributed by atoms with Gasteiger partial charge >= 0.3 is 6.18 Å². The number of H-pyrrole nitrogens is 1. The van der Waals surface area contributed by atoms with Gasteiger partial charge in [-0.1, -0.05) is 6.07 Å². The number of ether oxygens (including phenoxy) is 2. The molecule has 1 atom stereocenters. The number of hydrogen-bond acceptors (Lipinski definition) is 5. The molecule has 30 heavy (non-hydrogen) atoms. The van der Waals surface area contributed by atoms with E-state index >= 15 is 0 Å². The number of amides is 1. The lowest BCUT2D eigenvalue weighted by atomic mass is 10.2. The molecule has 2 heterocycles. The van der Waals surface area contributed by atoms with Crippen molar-refractivity contribution in [3.8, 4) is 5.75 Å². The first-order valence-electron chi connectivity index (χ1n) is 9.60. The molecule has 1 N–H and O–H groups in total. The molecule has 0 unspecified atom stereocenters. The van der Waals surface area contributed by atoms with Crippen molar-refractivity contribution < 1.29 is 27.4 Å². The van der Waals surface area contributed by atoms with Crippen molar-refractivity contribution in [2.45, 2.75) is 18.7 Å². The predicted octanol–water partition coefficient (Wildman–Crippen LogP) is 2.51. The predicted molar refractivity (Wildman–Crippen MR) is 103 cm³/mol. The number of benzene rings is 1. The van der Waals surface area contributed by atoms with Gasteiger partial charge in [-0.2, -0.15) is 18.3 Å². The van der Waals surface area contributed by atoms with Crippen LogP contribution >= 0.6 is 0 Å². The SMILES string of the molecule is CN(C)C(=O)CN1CCO[C@H](c2cc(CCOc3cccc(C(F)(F)F)c3)[nH]n2)C1. The summed E-state index contributed by atoms with van der Waals surface area (Å²) in [5, 5.41) is 7.20. The van der Waals surface area contributed by atoms with Gasteiger partial charge in [0, 0.05) is 39.3 Å². The molecule has 0 bridgehead atoms. The van der Waals surface area contributed by atoms with Crippen LogP contribution < -0.4 is 4.74 Å². The van der Waals surface area contributed by atoms with Crippen molar-refractivity contribution in [1.82, 2.24) is 20.0 Å². The number of nitrogens with one attached hydrogen (secondary N) is 1. The second-order valence-electron chi connectivity index (χ2n) is 7.32. The minimum Gasteiger partial charge on any atom is -0.493 e. The van der Waals surface area contributed by atoms with Gasteiger partial charge in [-0.15, -0.1) is 0 Å². The molecule has 0 spiro atoms. The molecule has 2 aromatic rings. The van der Waals surface area contributed by atoms with Crippen LogP contribution in [0.3, 0.4) is 0 Å². The summed E-state index contributed by atoms with van der Waals surface area (Å²) < 4.78 is 49.5. The van der Waals surface area contributed by atoms with Crippen molar-refractivity contribution in [3.05, 3.63) is 47.3 Å². The van der Waals surface area contributed by atoms with Gasteiger partial charge < -0.3 is 14.4 Å².